The first kappa shape index (κ1) is 49.6. The molecule has 0 saturated carbocycles. The maximum absolute atomic E-state index is 13.8. The highest BCUT2D eigenvalue weighted by Crippen LogP contribution is 2.38. The summed E-state index contributed by atoms with van der Waals surface area (Å²) in [5.41, 5.74) is 10.2. The minimum atomic E-state index is -0.704. The van der Waals surface area contributed by atoms with Gasteiger partial charge in [0.1, 0.15) is 23.7 Å². The summed E-state index contributed by atoms with van der Waals surface area (Å²) in [6.07, 6.45) is 10.6. The minimum Gasteiger partial charge on any atom is -0.453 e. The number of nitrogens with one attached hydrogen (secondary N) is 4. The molecule has 3 aromatic carbocycles. The van der Waals surface area contributed by atoms with Gasteiger partial charge >= 0.3 is 12.2 Å². The van der Waals surface area contributed by atoms with Crippen LogP contribution in [0.3, 0.4) is 0 Å². The number of hydrogen-bond donors (Lipinski definition) is 4. The van der Waals surface area contributed by atoms with Crippen molar-refractivity contribution in [2.75, 3.05) is 45.3 Å². The van der Waals surface area contributed by atoms with Crippen molar-refractivity contribution >= 4 is 29.7 Å². The number of hydrogen-bond acceptors (Lipinski definition) is 9. The van der Waals surface area contributed by atoms with Crippen LogP contribution in [0, 0.1) is 11.8 Å². The number of alkyl carbamates (subject to hydrolysis) is 2. The fraction of sp³-hybridized carbons (Fsp3) is 0.429. The summed E-state index contributed by atoms with van der Waals surface area (Å²) >= 11 is 0. The molecule has 72 heavy (non-hydrogen) atoms. The number of rotatable bonds is 14. The molecular formula is C56H68N10O6. The van der Waals surface area contributed by atoms with Gasteiger partial charge in [-0.2, -0.15) is 0 Å². The molecule has 4 amide bonds. The lowest BCUT2D eigenvalue weighted by Crippen LogP contribution is -2.51. The Hall–Kier alpha value is -7.36. The molecule has 3 aliphatic rings. The number of anilines is 1. The van der Waals surface area contributed by atoms with Crippen LogP contribution in [-0.2, 0) is 19.1 Å². The number of H-pyrrole nitrogens is 2. The lowest BCUT2D eigenvalue weighted by Gasteiger charge is -2.30. The van der Waals surface area contributed by atoms with Gasteiger partial charge in [-0.15, -0.1) is 0 Å². The zero-order valence-electron chi connectivity index (χ0n) is 42.3. The van der Waals surface area contributed by atoms with Crippen LogP contribution in [-0.4, -0.2) is 111 Å². The number of methoxy groups -OCH3 is 2. The second-order valence-electron chi connectivity index (χ2n) is 20.0. The standard InChI is InChI=1S/C56H68N10O6/c1-35(2)49(61-55(69)71-5)53(67)64-31-11-13-47(64)51-57-33-43(59-51)37-15-19-39(20-16-37)45-27-28-46(66(45)42-25-23-41(24-26-42)63-29-9-7-8-10-30-63)40-21-17-38(18-22-40)44-34-58-52(60-44)48-14-12-32-65(48)54(68)50(36(3)4)62-56(70)72-6/h15-28,33-36,47-50H,7-14,29-32H2,1-6H3,(H,57,59)(H,58,60)(H,61,69)(H,62,70)/t47-,48-,49-,50-/m0/s1. The Morgan fingerprint density at radius 1 is 0.528 bits per heavy atom. The quantitative estimate of drug-likeness (QED) is 0.0825. The molecule has 0 spiro atoms. The molecule has 3 saturated heterocycles. The third kappa shape index (κ3) is 10.5. The number of benzene rings is 3. The van der Waals surface area contributed by atoms with Crippen molar-refractivity contribution in [3.05, 3.63) is 109 Å². The van der Waals surface area contributed by atoms with E-state index in [1.54, 1.807) is 0 Å². The number of imidazole rings is 2. The molecule has 3 fully saturated rings. The van der Waals surface area contributed by atoms with E-state index in [2.05, 4.69) is 115 Å². The molecule has 16 nitrogen and oxygen atoms in total. The van der Waals surface area contributed by atoms with Gasteiger partial charge in [0, 0.05) is 37.6 Å². The van der Waals surface area contributed by atoms with E-state index in [4.69, 9.17) is 19.4 Å². The molecule has 4 N–H and O–H groups in total. The molecule has 4 atom stereocenters. The highest BCUT2D eigenvalue weighted by Gasteiger charge is 2.39. The molecule has 0 aliphatic carbocycles. The van der Waals surface area contributed by atoms with Crippen molar-refractivity contribution in [3.63, 3.8) is 0 Å². The third-order valence-electron chi connectivity index (χ3n) is 14.6. The van der Waals surface area contributed by atoms with E-state index >= 15 is 0 Å². The van der Waals surface area contributed by atoms with E-state index in [-0.39, 0.29) is 35.7 Å². The Labute approximate surface area is 421 Å². The molecule has 378 valence electrons. The van der Waals surface area contributed by atoms with E-state index in [0.29, 0.717) is 13.1 Å². The van der Waals surface area contributed by atoms with E-state index in [0.717, 1.165) is 101 Å². The number of amides is 4. The summed E-state index contributed by atoms with van der Waals surface area (Å²) < 4.78 is 12.0. The zero-order valence-corrected chi connectivity index (χ0v) is 42.3. The lowest BCUT2D eigenvalue weighted by molar-refractivity contribution is -0.136. The third-order valence-corrected chi connectivity index (χ3v) is 14.6. The molecule has 3 aliphatic heterocycles. The average molecular weight is 977 g/mol. The summed E-state index contributed by atoms with van der Waals surface area (Å²) in [6, 6.07) is 28.5. The number of carbonyl (C=O) groups excluding carboxylic acids is 4. The summed E-state index contributed by atoms with van der Waals surface area (Å²) in [5, 5.41) is 5.46. The number of aromatic amines is 2. The Bertz CT molecular complexity index is 2660. The number of aromatic nitrogens is 5. The molecule has 3 aromatic heterocycles. The van der Waals surface area contributed by atoms with E-state index < -0.39 is 24.3 Å². The fourth-order valence-electron chi connectivity index (χ4n) is 10.6. The van der Waals surface area contributed by atoms with E-state index in [1.807, 2.05) is 49.9 Å². The summed E-state index contributed by atoms with van der Waals surface area (Å²) in [7, 11) is 2.60. The second kappa shape index (κ2) is 22.0. The van der Waals surface area contributed by atoms with Gasteiger partial charge in [-0.3, -0.25) is 9.59 Å². The first-order valence-electron chi connectivity index (χ1n) is 25.6. The Morgan fingerprint density at radius 2 is 0.931 bits per heavy atom. The van der Waals surface area contributed by atoms with Gasteiger partial charge in [0.25, 0.3) is 0 Å². The summed E-state index contributed by atoms with van der Waals surface area (Å²) in [5.74, 6) is 0.924. The highest BCUT2D eigenvalue weighted by molar-refractivity contribution is 5.87. The summed E-state index contributed by atoms with van der Waals surface area (Å²) in [4.78, 5) is 74.6. The first-order valence-corrected chi connectivity index (χ1v) is 25.6. The van der Waals surface area contributed by atoms with Crippen molar-refractivity contribution in [3.8, 4) is 50.7 Å². The van der Waals surface area contributed by atoms with Gasteiger partial charge in [0.2, 0.25) is 11.8 Å². The molecule has 9 rings (SSSR count). The molecule has 0 unspecified atom stereocenters. The van der Waals surface area contributed by atoms with E-state index in [1.165, 1.54) is 45.6 Å². The predicted molar refractivity (Wildman–Crippen MR) is 278 cm³/mol. The number of carbonyl (C=O) groups is 4. The maximum atomic E-state index is 13.8. The monoisotopic (exact) mass is 977 g/mol. The van der Waals surface area contributed by atoms with Gasteiger partial charge in [-0.25, -0.2) is 19.6 Å². The van der Waals surface area contributed by atoms with Gasteiger partial charge in [0.05, 0.1) is 61.5 Å². The lowest BCUT2D eigenvalue weighted by atomic mass is 10.0. The smallest absolute Gasteiger partial charge is 0.407 e. The Kier molecular flexibility index (Phi) is 15.1. The largest absolute Gasteiger partial charge is 0.453 e. The van der Waals surface area contributed by atoms with Crippen LogP contribution in [0.1, 0.15) is 103 Å². The first-order chi connectivity index (χ1) is 34.9. The normalized spacial score (nSPS) is 18.0. The van der Waals surface area contributed by atoms with Crippen LogP contribution in [0.2, 0.25) is 0 Å². The predicted octanol–water partition coefficient (Wildman–Crippen LogP) is 10.1. The number of likely N-dealkylation sites (tertiary alicyclic amines) is 2. The minimum absolute atomic E-state index is 0.119. The Morgan fingerprint density at radius 3 is 1.33 bits per heavy atom. The molecule has 6 aromatic rings. The van der Waals surface area contributed by atoms with Crippen molar-refractivity contribution in [2.45, 2.75) is 103 Å². The van der Waals surface area contributed by atoms with Crippen molar-refractivity contribution in [2.24, 2.45) is 11.8 Å². The van der Waals surface area contributed by atoms with Crippen LogP contribution in [0.4, 0.5) is 15.3 Å². The molecule has 16 heteroatoms. The fourth-order valence-corrected chi connectivity index (χ4v) is 10.6. The van der Waals surface area contributed by atoms with Crippen molar-refractivity contribution in [1.82, 2.24) is 44.9 Å². The van der Waals surface area contributed by atoms with E-state index in [9.17, 15) is 19.2 Å². The molecular weight excluding hydrogens is 909 g/mol. The average Bonchev–Trinajstić information content (AvgIpc) is 4.27. The van der Waals surface area contributed by atoms with Gasteiger partial charge in [-0.05, 0) is 109 Å². The van der Waals surface area contributed by atoms with Crippen LogP contribution in [0.25, 0.3) is 50.7 Å². The number of nitrogens with zero attached hydrogens (tertiary/aromatic N) is 6. The van der Waals surface area contributed by atoms with Crippen LogP contribution in [0.15, 0.2) is 97.3 Å². The van der Waals surface area contributed by atoms with Crippen LogP contribution < -0.4 is 15.5 Å². The Balaban J connectivity index is 0.972. The van der Waals surface area contributed by atoms with Crippen molar-refractivity contribution < 1.29 is 28.7 Å². The highest BCUT2D eigenvalue weighted by atomic mass is 16.5. The molecule has 0 bridgehead atoms. The maximum Gasteiger partial charge on any atom is 0.407 e. The topological polar surface area (TPSA) is 183 Å². The number of ether oxygens (including phenoxy) is 2. The van der Waals surface area contributed by atoms with Gasteiger partial charge in [-0.1, -0.05) is 89.1 Å². The van der Waals surface area contributed by atoms with Gasteiger partial charge < -0.3 is 49.3 Å². The molecule has 6 heterocycles. The molecule has 0 radical (unpaired) electrons. The SMILES string of the molecule is COC(=O)N[C@H](C(=O)N1CCC[C@H]1c1ncc(-c2ccc(-c3ccc(-c4ccc(-c5cnc([C@@H]6CCCN6C(=O)[C@@H](NC(=O)OC)C(C)C)[nH]5)cc4)n3-c3ccc(N4CCCCCC4)cc3)cc2)[nH]1)C(C)C. The second-order valence-corrected chi connectivity index (χ2v) is 20.0. The van der Waals surface area contributed by atoms with Crippen LogP contribution >= 0.6 is 0 Å². The van der Waals surface area contributed by atoms with Gasteiger partial charge in [0.15, 0.2) is 0 Å². The van der Waals surface area contributed by atoms with Crippen LogP contribution in [0.5, 0.6) is 0 Å². The zero-order chi connectivity index (χ0) is 50.5. The summed E-state index contributed by atoms with van der Waals surface area (Å²) in [6.45, 7) is 11.0. The van der Waals surface area contributed by atoms with Crippen molar-refractivity contribution in [1.29, 1.82) is 0 Å².